The Morgan fingerprint density at radius 3 is 2.54 bits per heavy atom. The third-order valence-electron chi connectivity index (χ3n) is 4.64. The average Bonchev–Trinajstić information content (AvgIpc) is 3.21. The van der Waals surface area contributed by atoms with Crippen molar-refractivity contribution in [3.63, 3.8) is 0 Å². The van der Waals surface area contributed by atoms with E-state index >= 15 is 0 Å². The molecule has 3 heterocycles. The predicted molar refractivity (Wildman–Crippen MR) is 100 cm³/mol. The second-order valence-electron chi connectivity index (χ2n) is 6.57. The summed E-state index contributed by atoms with van der Waals surface area (Å²) in [5, 5.41) is 9.14. The van der Waals surface area contributed by atoms with Crippen LogP contribution in [0.4, 0.5) is 5.69 Å². The molecule has 0 aliphatic carbocycles. The Labute approximate surface area is 157 Å². The quantitative estimate of drug-likeness (QED) is 0.691. The van der Waals surface area contributed by atoms with Crippen LogP contribution in [0.2, 0.25) is 5.02 Å². The van der Waals surface area contributed by atoms with Crippen molar-refractivity contribution >= 4 is 17.3 Å². The Bertz CT molecular complexity index is 897. The van der Waals surface area contributed by atoms with Crippen molar-refractivity contribution in [3.8, 4) is 11.5 Å². The fraction of sp³-hybridized carbons (Fsp3) is 0.368. The molecule has 1 saturated heterocycles. The minimum Gasteiger partial charge on any atom is -0.466 e. The molecule has 0 spiro atoms. The third kappa shape index (κ3) is 3.61. The zero-order chi connectivity index (χ0) is 18.1. The molecule has 0 atom stereocenters. The first-order chi connectivity index (χ1) is 12.6. The third-order valence-corrected chi connectivity index (χ3v) is 4.88. The van der Waals surface area contributed by atoms with Crippen LogP contribution in [0.25, 0.3) is 11.5 Å². The fourth-order valence-electron chi connectivity index (χ4n) is 3.30. The van der Waals surface area contributed by atoms with Gasteiger partial charge in [0.25, 0.3) is 5.89 Å². The van der Waals surface area contributed by atoms with E-state index in [1.54, 1.807) is 0 Å². The number of benzene rings is 1. The number of hydrogen-bond acceptors (Lipinski definition) is 6. The first-order valence-electron chi connectivity index (χ1n) is 8.71. The molecule has 7 heteroatoms. The van der Waals surface area contributed by atoms with Gasteiger partial charge in [-0.2, -0.15) is 0 Å². The van der Waals surface area contributed by atoms with Crippen LogP contribution in [0, 0.1) is 13.8 Å². The van der Waals surface area contributed by atoms with Gasteiger partial charge in [-0.15, -0.1) is 10.2 Å². The summed E-state index contributed by atoms with van der Waals surface area (Å²) >= 11 is 6.09. The molecule has 3 aromatic rings. The predicted octanol–water partition coefficient (Wildman–Crippen LogP) is 3.92. The van der Waals surface area contributed by atoms with Gasteiger partial charge < -0.3 is 13.7 Å². The lowest BCUT2D eigenvalue weighted by atomic mass is 10.2. The van der Waals surface area contributed by atoms with Crippen molar-refractivity contribution in [2.45, 2.75) is 20.4 Å². The largest absolute Gasteiger partial charge is 0.466 e. The molecule has 0 unspecified atom stereocenters. The van der Waals surface area contributed by atoms with Crippen LogP contribution in [-0.4, -0.2) is 41.3 Å². The maximum absolute atomic E-state index is 6.09. The number of hydrogen-bond donors (Lipinski definition) is 0. The lowest BCUT2D eigenvalue weighted by Gasteiger charge is -2.35. The summed E-state index contributed by atoms with van der Waals surface area (Å²) in [6.07, 6.45) is 0. The van der Waals surface area contributed by atoms with E-state index in [0.717, 1.165) is 48.3 Å². The van der Waals surface area contributed by atoms with Crippen molar-refractivity contribution in [2.24, 2.45) is 0 Å². The lowest BCUT2D eigenvalue weighted by Crippen LogP contribution is -2.46. The molecule has 1 aliphatic heterocycles. The number of furan rings is 1. The lowest BCUT2D eigenvalue weighted by molar-refractivity contribution is 0.227. The zero-order valence-corrected chi connectivity index (χ0v) is 15.7. The van der Waals surface area contributed by atoms with E-state index in [1.165, 1.54) is 5.69 Å². The van der Waals surface area contributed by atoms with Gasteiger partial charge in [0.2, 0.25) is 5.89 Å². The molecule has 6 nitrogen and oxygen atoms in total. The van der Waals surface area contributed by atoms with Gasteiger partial charge in [-0.1, -0.05) is 17.7 Å². The molecular weight excluding hydrogens is 352 g/mol. The summed E-state index contributed by atoms with van der Waals surface area (Å²) < 4.78 is 11.4. The molecule has 136 valence electrons. The summed E-state index contributed by atoms with van der Waals surface area (Å²) in [6, 6.07) is 9.93. The van der Waals surface area contributed by atoms with E-state index in [9.17, 15) is 0 Å². The smallest absolute Gasteiger partial charge is 0.251 e. The van der Waals surface area contributed by atoms with Crippen molar-refractivity contribution in [1.82, 2.24) is 15.1 Å². The highest BCUT2D eigenvalue weighted by Crippen LogP contribution is 2.26. The van der Waals surface area contributed by atoms with Crippen molar-refractivity contribution in [1.29, 1.82) is 0 Å². The Morgan fingerprint density at radius 1 is 1.04 bits per heavy atom. The van der Waals surface area contributed by atoms with Crippen LogP contribution in [0.5, 0.6) is 0 Å². The molecule has 0 amide bonds. The fourth-order valence-corrected chi connectivity index (χ4v) is 3.48. The van der Waals surface area contributed by atoms with E-state index in [2.05, 4.69) is 26.1 Å². The second-order valence-corrected chi connectivity index (χ2v) is 7.01. The molecular formula is C19H21ClN4O2. The van der Waals surface area contributed by atoms with Crippen molar-refractivity contribution in [3.05, 3.63) is 52.8 Å². The zero-order valence-electron chi connectivity index (χ0n) is 14.9. The molecule has 4 rings (SSSR count). The summed E-state index contributed by atoms with van der Waals surface area (Å²) in [4.78, 5) is 4.67. The normalized spacial score (nSPS) is 15.6. The van der Waals surface area contributed by atoms with Gasteiger partial charge in [0.15, 0.2) is 0 Å². The highest BCUT2D eigenvalue weighted by molar-refractivity contribution is 6.30. The standard InChI is InChI=1S/C19H21ClN4O2/c1-13-10-17(14(2)25-13)19-22-21-18(26-19)12-23-6-8-24(9-7-23)16-5-3-4-15(20)11-16/h3-5,10-11H,6-9,12H2,1-2H3. The first kappa shape index (κ1) is 17.1. The van der Waals surface area contributed by atoms with E-state index in [-0.39, 0.29) is 0 Å². The highest BCUT2D eigenvalue weighted by Gasteiger charge is 2.20. The number of halogens is 1. The van der Waals surface area contributed by atoms with Crippen molar-refractivity contribution in [2.75, 3.05) is 31.1 Å². The summed E-state index contributed by atoms with van der Waals surface area (Å²) in [6.45, 7) is 8.24. The topological polar surface area (TPSA) is 58.5 Å². The molecule has 0 saturated carbocycles. The van der Waals surface area contributed by atoms with Gasteiger partial charge in [-0.25, -0.2) is 0 Å². The molecule has 0 radical (unpaired) electrons. The van der Waals surface area contributed by atoms with Crippen LogP contribution >= 0.6 is 11.6 Å². The summed E-state index contributed by atoms with van der Waals surface area (Å²) in [5.41, 5.74) is 2.04. The number of aromatic nitrogens is 2. The Morgan fingerprint density at radius 2 is 1.85 bits per heavy atom. The van der Waals surface area contributed by atoms with Crippen LogP contribution < -0.4 is 4.90 Å². The van der Waals surface area contributed by atoms with E-state index in [1.807, 2.05) is 38.1 Å². The minimum atomic E-state index is 0.520. The maximum Gasteiger partial charge on any atom is 0.251 e. The molecule has 0 N–H and O–H groups in total. The maximum atomic E-state index is 6.09. The Balaban J connectivity index is 1.37. The number of anilines is 1. The van der Waals surface area contributed by atoms with E-state index < -0.39 is 0 Å². The van der Waals surface area contributed by atoms with Crippen LogP contribution in [0.15, 0.2) is 39.2 Å². The van der Waals surface area contributed by atoms with Gasteiger partial charge >= 0.3 is 0 Å². The van der Waals surface area contributed by atoms with Gasteiger partial charge in [0, 0.05) is 36.9 Å². The van der Waals surface area contributed by atoms with Gasteiger partial charge in [-0.3, -0.25) is 4.90 Å². The number of piperazine rings is 1. The Kier molecular flexibility index (Phi) is 4.70. The van der Waals surface area contributed by atoms with Gasteiger partial charge in [0.1, 0.15) is 11.5 Å². The van der Waals surface area contributed by atoms with E-state index in [0.29, 0.717) is 18.3 Å². The van der Waals surface area contributed by atoms with Crippen LogP contribution in [0.3, 0.4) is 0 Å². The van der Waals surface area contributed by atoms with Crippen LogP contribution in [-0.2, 0) is 6.54 Å². The monoisotopic (exact) mass is 372 g/mol. The Hall–Kier alpha value is -2.31. The highest BCUT2D eigenvalue weighted by atomic mass is 35.5. The molecule has 0 bridgehead atoms. The molecule has 1 fully saturated rings. The number of rotatable bonds is 4. The SMILES string of the molecule is Cc1cc(-c2nnc(CN3CCN(c4cccc(Cl)c4)CC3)o2)c(C)o1. The van der Waals surface area contributed by atoms with Crippen molar-refractivity contribution < 1.29 is 8.83 Å². The van der Waals surface area contributed by atoms with Gasteiger partial charge in [0.05, 0.1) is 12.1 Å². The number of aryl methyl sites for hydroxylation is 2. The number of nitrogens with zero attached hydrogens (tertiary/aromatic N) is 4. The second kappa shape index (κ2) is 7.13. The summed E-state index contributed by atoms with van der Waals surface area (Å²) in [5.74, 6) is 2.79. The van der Waals surface area contributed by atoms with Gasteiger partial charge in [-0.05, 0) is 38.1 Å². The van der Waals surface area contributed by atoms with Crippen LogP contribution in [0.1, 0.15) is 17.4 Å². The van der Waals surface area contributed by atoms with E-state index in [4.69, 9.17) is 20.4 Å². The molecule has 1 aliphatic rings. The summed E-state index contributed by atoms with van der Waals surface area (Å²) in [7, 11) is 0. The molecule has 1 aromatic carbocycles. The average molecular weight is 373 g/mol. The molecule has 2 aromatic heterocycles. The molecule has 26 heavy (non-hydrogen) atoms. The first-order valence-corrected chi connectivity index (χ1v) is 9.09. The minimum absolute atomic E-state index is 0.520.